The minimum atomic E-state index is -1.47. The van der Waals surface area contributed by atoms with Gasteiger partial charge in [0.15, 0.2) is 0 Å². The normalized spacial score (nSPS) is 13.7. The van der Waals surface area contributed by atoms with Crippen molar-refractivity contribution >= 4 is 17.9 Å². The molecule has 0 spiro atoms. The lowest BCUT2D eigenvalue weighted by atomic mass is 10.1. The lowest BCUT2D eigenvalue weighted by molar-refractivity contribution is -0.147. The third kappa shape index (κ3) is 4.76. The van der Waals surface area contributed by atoms with Gasteiger partial charge in [-0.25, -0.2) is 4.98 Å². The van der Waals surface area contributed by atoms with Crippen LogP contribution in [0.5, 0.6) is 0 Å². The largest absolute Gasteiger partial charge is 0.481 e. The first-order valence-corrected chi connectivity index (χ1v) is 5.31. The molecule has 0 aliphatic carbocycles. The number of carboxylic acid groups (broad SMARTS) is 3. The van der Waals surface area contributed by atoms with E-state index in [0.717, 1.165) is 0 Å². The Balaban J connectivity index is 2.73. The second-order valence-electron chi connectivity index (χ2n) is 3.83. The quantitative estimate of drug-likeness (QED) is 0.400. The molecule has 1 rings (SSSR count). The fourth-order valence-corrected chi connectivity index (χ4v) is 1.47. The van der Waals surface area contributed by atoms with Crippen molar-refractivity contribution in [2.45, 2.75) is 24.9 Å². The number of hydrogen-bond donors (Lipinski definition) is 5. The van der Waals surface area contributed by atoms with Crippen molar-refractivity contribution in [3.05, 3.63) is 18.2 Å². The van der Waals surface area contributed by atoms with Gasteiger partial charge in [-0.1, -0.05) is 0 Å². The summed E-state index contributed by atoms with van der Waals surface area (Å²) in [7, 11) is 0. The maximum atomic E-state index is 11.0. The van der Waals surface area contributed by atoms with Crippen LogP contribution in [0.2, 0.25) is 0 Å². The Morgan fingerprint density at radius 1 is 1.21 bits per heavy atom. The number of aliphatic carboxylic acids is 3. The van der Waals surface area contributed by atoms with Crippen LogP contribution < -0.4 is 5.32 Å². The van der Waals surface area contributed by atoms with Gasteiger partial charge in [0.2, 0.25) is 0 Å². The molecule has 5 N–H and O–H groups in total. The predicted octanol–water partition coefficient (Wildman–Crippen LogP) is -1.08. The van der Waals surface area contributed by atoms with Crippen molar-refractivity contribution in [2.75, 3.05) is 0 Å². The van der Waals surface area contributed by atoms with Crippen molar-refractivity contribution < 1.29 is 29.7 Å². The Labute approximate surface area is 107 Å². The molecule has 2 atom stereocenters. The van der Waals surface area contributed by atoms with Gasteiger partial charge in [-0.2, -0.15) is 0 Å². The molecule has 19 heavy (non-hydrogen) atoms. The molecule has 0 bridgehead atoms. The van der Waals surface area contributed by atoms with Crippen LogP contribution in [0.15, 0.2) is 12.5 Å². The molecule has 0 amide bonds. The molecule has 0 radical (unpaired) electrons. The average Bonchev–Trinajstić information content (AvgIpc) is 2.78. The van der Waals surface area contributed by atoms with Crippen LogP contribution in [0, 0.1) is 0 Å². The van der Waals surface area contributed by atoms with E-state index in [0.29, 0.717) is 5.69 Å². The standard InChI is InChI=1S/C10H13N3O6/c14-8(15)2-7(10(18)19)13-6(9(16)17)1-5-3-11-4-12-5/h3-4,6-7,13H,1-2H2,(H,11,12)(H,14,15)(H,16,17)(H,18,19). The van der Waals surface area contributed by atoms with E-state index in [1.54, 1.807) is 0 Å². The van der Waals surface area contributed by atoms with Crippen LogP contribution in [-0.4, -0.2) is 55.3 Å². The summed E-state index contributed by atoms with van der Waals surface area (Å²) in [6.45, 7) is 0. The number of rotatable bonds is 8. The highest BCUT2D eigenvalue weighted by molar-refractivity contribution is 5.82. The van der Waals surface area contributed by atoms with Crippen LogP contribution in [-0.2, 0) is 20.8 Å². The van der Waals surface area contributed by atoms with Gasteiger partial charge in [-0.05, 0) is 0 Å². The molecule has 9 heteroatoms. The summed E-state index contributed by atoms with van der Waals surface area (Å²) in [6.07, 6.45) is 2.03. The molecule has 1 aromatic rings. The van der Waals surface area contributed by atoms with Gasteiger partial charge in [0.25, 0.3) is 0 Å². The zero-order valence-corrected chi connectivity index (χ0v) is 9.74. The minimum Gasteiger partial charge on any atom is -0.481 e. The molecule has 0 saturated carbocycles. The number of imidazole rings is 1. The number of aromatic amines is 1. The van der Waals surface area contributed by atoms with Gasteiger partial charge < -0.3 is 20.3 Å². The first kappa shape index (κ1) is 14.6. The highest BCUT2D eigenvalue weighted by atomic mass is 16.4. The van der Waals surface area contributed by atoms with Gasteiger partial charge in [0.1, 0.15) is 12.1 Å². The average molecular weight is 271 g/mol. The van der Waals surface area contributed by atoms with Gasteiger partial charge in [0, 0.05) is 18.3 Å². The van der Waals surface area contributed by atoms with Gasteiger partial charge >= 0.3 is 17.9 Å². The third-order valence-corrected chi connectivity index (χ3v) is 2.36. The van der Waals surface area contributed by atoms with E-state index < -0.39 is 36.4 Å². The summed E-state index contributed by atoms with van der Waals surface area (Å²) >= 11 is 0. The van der Waals surface area contributed by atoms with Gasteiger partial charge in [-0.15, -0.1) is 0 Å². The Morgan fingerprint density at radius 2 is 1.84 bits per heavy atom. The van der Waals surface area contributed by atoms with Crippen LogP contribution >= 0.6 is 0 Å². The molecule has 2 unspecified atom stereocenters. The molecule has 1 aromatic heterocycles. The second-order valence-corrected chi connectivity index (χ2v) is 3.83. The molecule has 1 heterocycles. The summed E-state index contributed by atoms with van der Waals surface area (Å²) < 4.78 is 0. The van der Waals surface area contributed by atoms with E-state index in [9.17, 15) is 14.4 Å². The highest BCUT2D eigenvalue weighted by Gasteiger charge is 2.28. The summed E-state index contributed by atoms with van der Waals surface area (Å²) in [5, 5.41) is 28.7. The molecule has 9 nitrogen and oxygen atoms in total. The van der Waals surface area contributed by atoms with E-state index in [-0.39, 0.29) is 6.42 Å². The fourth-order valence-electron chi connectivity index (χ4n) is 1.47. The van der Waals surface area contributed by atoms with Crippen LogP contribution in [0.25, 0.3) is 0 Å². The first-order valence-electron chi connectivity index (χ1n) is 5.31. The van der Waals surface area contributed by atoms with E-state index in [1.807, 2.05) is 0 Å². The lowest BCUT2D eigenvalue weighted by Gasteiger charge is -2.18. The second kappa shape index (κ2) is 6.50. The smallest absolute Gasteiger partial charge is 0.321 e. The van der Waals surface area contributed by atoms with Gasteiger partial charge in [-0.3, -0.25) is 19.7 Å². The van der Waals surface area contributed by atoms with E-state index in [4.69, 9.17) is 15.3 Å². The fraction of sp³-hybridized carbons (Fsp3) is 0.400. The number of nitrogens with one attached hydrogen (secondary N) is 2. The van der Waals surface area contributed by atoms with Crippen molar-refractivity contribution in [2.24, 2.45) is 0 Å². The van der Waals surface area contributed by atoms with E-state index >= 15 is 0 Å². The van der Waals surface area contributed by atoms with Crippen molar-refractivity contribution in [3.63, 3.8) is 0 Å². The summed E-state index contributed by atoms with van der Waals surface area (Å²) in [5.74, 6) is -4.02. The monoisotopic (exact) mass is 271 g/mol. The topological polar surface area (TPSA) is 153 Å². The molecule has 0 aliphatic rings. The molecule has 0 aliphatic heterocycles. The molecule has 0 aromatic carbocycles. The van der Waals surface area contributed by atoms with Crippen molar-refractivity contribution in [3.8, 4) is 0 Å². The molecule has 104 valence electrons. The number of carboxylic acids is 3. The van der Waals surface area contributed by atoms with Crippen molar-refractivity contribution in [1.82, 2.24) is 15.3 Å². The van der Waals surface area contributed by atoms with Crippen LogP contribution in [0.4, 0.5) is 0 Å². The summed E-state index contributed by atoms with van der Waals surface area (Å²) in [5.41, 5.74) is 0.499. The summed E-state index contributed by atoms with van der Waals surface area (Å²) in [6, 6.07) is -2.69. The lowest BCUT2D eigenvalue weighted by Crippen LogP contribution is -2.49. The zero-order chi connectivity index (χ0) is 14.4. The Kier molecular flexibility index (Phi) is 5.01. The Bertz CT molecular complexity index is 458. The number of hydrogen-bond acceptors (Lipinski definition) is 5. The maximum Gasteiger partial charge on any atom is 0.321 e. The number of H-pyrrole nitrogens is 1. The third-order valence-electron chi connectivity index (χ3n) is 2.36. The SMILES string of the molecule is O=C(O)CC(NC(Cc1cnc[nH]1)C(=O)O)C(=O)O. The number of aromatic nitrogens is 2. The van der Waals surface area contributed by atoms with Crippen LogP contribution in [0.1, 0.15) is 12.1 Å². The minimum absolute atomic E-state index is 0.0290. The van der Waals surface area contributed by atoms with Crippen LogP contribution in [0.3, 0.4) is 0 Å². The Hall–Kier alpha value is -2.42. The molecular weight excluding hydrogens is 258 g/mol. The van der Waals surface area contributed by atoms with E-state index in [1.165, 1.54) is 12.5 Å². The molecule has 0 saturated heterocycles. The zero-order valence-electron chi connectivity index (χ0n) is 9.74. The highest BCUT2D eigenvalue weighted by Crippen LogP contribution is 2.02. The first-order chi connectivity index (χ1) is 8.90. The maximum absolute atomic E-state index is 11.0. The number of carbonyl (C=O) groups is 3. The van der Waals surface area contributed by atoms with Crippen molar-refractivity contribution in [1.29, 1.82) is 0 Å². The predicted molar refractivity (Wildman–Crippen MR) is 60.5 cm³/mol. The number of nitrogens with zero attached hydrogens (tertiary/aromatic N) is 1. The van der Waals surface area contributed by atoms with E-state index in [2.05, 4.69) is 15.3 Å². The molecular formula is C10H13N3O6. The Morgan fingerprint density at radius 3 is 2.26 bits per heavy atom. The summed E-state index contributed by atoms with van der Waals surface area (Å²) in [4.78, 5) is 38.8. The molecule has 0 fully saturated rings. The van der Waals surface area contributed by atoms with Gasteiger partial charge in [0.05, 0.1) is 12.7 Å².